The van der Waals surface area contributed by atoms with Crippen LogP contribution in [0.2, 0.25) is 0 Å². The van der Waals surface area contributed by atoms with Crippen LogP contribution in [-0.4, -0.2) is 51.1 Å². The summed E-state index contributed by atoms with van der Waals surface area (Å²) in [6.07, 6.45) is 7.93. The number of esters is 1. The van der Waals surface area contributed by atoms with Gasteiger partial charge in [-0.15, -0.1) is 10.2 Å². The summed E-state index contributed by atoms with van der Waals surface area (Å²) in [5.41, 5.74) is 1.44. The Bertz CT molecular complexity index is 833. The van der Waals surface area contributed by atoms with Crippen molar-refractivity contribution in [2.75, 3.05) is 19.7 Å². The molecule has 0 N–H and O–H groups in total. The number of nitrogens with zero attached hydrogens (tertiary/aromatic N) is 4. The summed E-state index contributed by atoms with van der Waals surface area (Å²) in [7, 11) is 0. The molecule has 0 radical (unpaired) electrons. The van der Waals surface area contributed by atoms with E-state index < -0.39 is 0 Å². The number of rotatable bonds is 4. The molecule has 1 saturated carbocycles. The Labute approximate surface area is 158 Å². The van der Waals surface area contributed by atoms with E-state index in [-0.39, 0.29) is 17.8 Å². The van der Waals surface area contributed by atoms with Gasteiger partial charge >= 0.3 is 5.97 Å². The molecule has 0 bridgehead atoms. The van der Waals surface area contributed by atoms with Gasteiger partial charge in [0.15, 0.2) is 5.65 Å². The maximum atomic E-state index is 13.0. The number of aromatic nitrogens is 3. The average molecular weight is 370 g/mol. The first-order chi connectivity index (χ1) is 13.2. The summed E-state index contributed by atoms with van der Waals surface area (Å²) >= 11 is 0. The van der Waals surface area contributed by atoms with E-state index in [1.807, 2.05) is 34.6 Å². The summed E-state index contributed by atoms with van der Waals surface area (Å²) < 4.78 is 7.08. The Kier molecular flexibility index (Phi) is 5.09. The van der Waals surface area contributed by atoms with Gasteiger partial charge in [-0.3, -0.25) is 14.0 Å². The van der Waals surface area contributed by atoms with Crippen LogP contribution in [0.25, 0.3) is 5.65 Å². The lowest BCUT2D eigenvalue weighted by Crippen LogP contribution is -2.40. The number of pyridine rings is 1. The maximum Gasteiger partial charge on any atom is 0.309 e. The molecule has 1 amide bonds. The number of carbonyl (C=O) groups is 2. The van der Waals surface area contributed by atoms with Gasteiger partial charge in [0, 0.05) is 25.2 Å². The van der Waals surface area contributed by atoms with Gasteiger partial charge in [0.25, 0.3) is 5.91 Å². The second-order valence-electron chi connectivity index (χ2n) is 7.50. The summed E-state index contributed by atoms with van der Waals surface area (Å²) in [6, 6.07) is 3.69. The van der Waals surface area contributed by atoms with Crippen LogP contribution in [0.1, 0.15) is 67.5 Å². The van der Waals surface area contributed by atoms with Crippen molar-refractivity contribution in [3.05, 3.63) is 29.7 Å². The molecule has 0 aromatic carbocycles. The fourth-order valence-electron chi connectivity index (χ4n) is 4.26. The first-order valence-electron chi connectivity index (χ1n) is 9.98. The SMILES string of the molecule is CCOC(=O)C1CCN(C(=O)c2ccc3nnc(C4CCCC4)n3c2)CC1. The molecule has 0 atom stereocenters. The predicted molar refractivity (Wildman–Crippen MR) is 99.5 cm³/mol. The first-order valence-corrected chi connectivity index (χ1v) is 9.98. The molecule has 0 spiro atoms. The van der Waals surface area contributed by atoms with Gasteiger partial charge in [-0.25, -0.2) is 0 Å². The number of hydrogen-bond donors (Lipinski definition) is 0. The highest BCUT2D eigenvalue weighted by atomic mass is 16.5. The lowest BCUT2D eigenvalue weighted by atomic mass is 9.96. The molecule has 1 saturated heterocycles. The molecular formula is C20H26N4O3. The van der Waals surface area contributed by atoms with E-state index >= 15 is 0 Å². The van der Waals surface area contributed by atoms with Crippen LogP contribution < -0.4 is 0 Å². The molecule has 144 valence electrons. The Balaban J connectivity index is 1.48. The molecule has 0 unspecified atom stereocenters. The van der Waals surface area contributed by atoms with Crippen LogP contribution >= 0.6 is 0 Å². The van der Waals surface area contributed by atoms with E-state index in [4.69, 9.17) is 4.74 Å². The van der Waals surface area contributed by atoms with Crippen molar-refractivity contribution in [1.29, 1.82) is 0 Å². The van der Waals surface area contributed by atoms with E-state index in [0.717, 1.165) is 24.3 Å². The summed E-state index contributed by atoms with van der Waals surface area (Å²) in [4.78, 5) is 26.7. The quantitative estimate of drug-likeness (QED) is 0.774. The molecule has 7 nitrogen and oxygen atoms in total. The minimum Gasteiger partial charge on any atom is -0.466 e. The van der Waals surface area contributed by atoms with E-state index in [2.05, 4.69) is 10.2 Å². The van der Waals surface area contributed by atoms with E-state index in [9.17, 15) is 9.59 Å². The number of carbonyl (C=O) groups excluding carboxylic acids is 2. The molecular weight excluding hydrogens is 344 g/mol. The highest BCUT2D eigenvalue weighted by Crippen LogP contribution is 2.33. The number of likely N-dealkylation sites (tertiary alicyclic amines) is 1. The lowest BCUT2D eigenvalue weighted by molar-refractivity contribution is -0.149. The highest BCUT2D eigenvalue weighted by molar-refractivity contribution is 5.94. The minimum atomic E-state index is -0.142. The third kappa shape index (κ3) is 3.55. The van der Waals surface area contributed by atoms with Gasteiger partial charge in [-0.1, -0.05) is 12.8 Å². The van der Waals surface area contributed by atoms with Gasteiger partial charge in [0.2, 0.25) is 0 Å². The van der Waals surface area contributed by atoms with Crippen LogP contribution in [-0.2, 0) is 9.53 Å². The van der Waals surface area contributed by atoms with Gasteiger partial charge in [0.1, 0.15) is 5.82 Å². The minimum absolute atomic E-state index is 0.00489. The highest BCUT2D eigenvalue weighted by Gasteiger charge is 2.29. The van der Waals surface area contributed by atoms with Gasteiger partial charge < -0.3 is 9.64 Å². The van der Waals surface area contributed by atoms with Gasteiger partial charge in [-0.2, -0.15) is 0 Å². The van der Waals surface area contributed by atoms with Crippen LogP contribution in [0.3, 0.4) is 0 Å². The Hall–Kier alpha value is -2.44. The molecule has 27 heavy (non-hydrogen) atoms. The maximum absolute atomic E-state index is 13.0. The number of ether oxygens (including phenoxy) is 1. The lowest BCUT2D eigenvalue weighted by Gasteiger charge is -2.31. The molecule has 2 aromatic rings. The van der Waals surface area contributed by atoms with Crippen LogP contribution in [0.5, 0.6) is 0 Å². The average Bonchev–Trinajstić information content (AvgIpc) is 3.36. The monoisotopic (exact) mass is 370 g/mol. The Morgan fingerprint density at radius 3 is 2.56 bits per heavy atom. The van der Waals surface area contributed by atoms with Crippen molar-refractivity contribution in [1.82, 2.24) is 19.5 Å². The second-order valence-corrected chi connectivity index (χ2v) is 7.50. The predicted octanol–water partition coefficient (Wildman–Crippen LogP) is 2.80. The van der Waals surface area contributed by atoms with Gasteiger partial charge in [0.05, 0.1) is 18.1 Å². The molecule has 4 rings (SSSR count). The smallest absolute Gasteiger partial charge is 0.309 e. The molecule has 2 aliphatic rings. The second kappa shape index (κ2) is 7.66. The normalized spacial score (nSPS) is 18.9. The molecule has 3 heterocycles. The number of amides is 1. The molecule has 2 fully saturated rings. The fraction of sp³-hybridized carbons (Fsp3) is 0.600. The number of piperidine rings is 1. The van der Waals surface area contributed by atoms with E-state index in [0.29, 0.717) is 44.0 Å². The number of fused-ring (bicyclic) bond motifs is 1. The topological polar surface area (TPSA) is 76.8 Å². The number of hydrogen-bond acceptors (Lipinski definition) is 5. The van der Waals surface area contributed by atoms with Crippen molar-refractivity contribution in [2.45, 2.75) is 51.4 Å². The molecule has 7 heteroatoms. The van der Waals surface area contributed by atoms with Crippen LogP contribution in [0, 0.1) is 5.92 Å². The standard InChI is InChI=1S/C20H26N4O3/c1-2-27-20(26)15-9-11-23(12-10-15)19(25)16-7-8-17-21-22-18(24(17)13-16)14-5-3-4-6-14/h7-8,13-15H,2-6,9-12H2,1H3. The van der Waals surface area contributed by atoms with Gasteiger partial charge in [-0.05, 0) is 44.7 Å². The summed E-state index contributed by atoms with van der Waals surface area (Å²) in [6.45, 7) is 3.38. The Morgan fingerprint density at radius 1 is 1.11 bits per heavy atom. The van der Waals surface area contributed by atoms with Crippen molar-refractivity contribution < 1.29 is 14.3 Å². The van der Waals surface area contributed by atoms with E-state index in [1.165, 1.54) is 12.8 Å². The third-order valence-electron chi connectivity index (χ3n) is 5.80. The largest absolute Gasteiger partial charge is 0.466 e. The van der Waals surface area contributed by atoms with Crippen molar-refractivity contribution in [3.63, 3.8) is 0 Å². The summed E-state index contributed by atoms with van der Waals surface area (Å²) in [5.74, 6) is 1.18. The summed E-state index contributed by atoms with van der Waals surface area (Å²) in [5, 5.41) is 8.63. The fourth-order valence-corrected chi connectivity index (χ4v) is 4.26. The third-order valence-corrected chi connectivity index (χ3v) is 5.80. The van der Waals surface area contributed by atoms with Crippen molar-refractivity contribution in [2.24, 2.45) is 5.92 Å². The van der Waals surface area contributed by atoms with Crippen LogP contribution in [0.4, 0.5) is 0 Å². The van der Waals surface area contributed by atoms with Crippen LogP contribution in [0.15, 0.2) is 18.3 Å². The zero-order valence-electron chi connectivity index (χ0n) is 15.8. The molecule has 1 aliphatic carbocycles. The zero-order valence-corrected chi connectivity index (χ0v) is 15.8. The zero-order chi connectivity index (χ0) is 18.8. The Morgan fingerprint density at radius 2 is 1.85 bits per heavy atom. The molecule has 2 aromatic heterocycles. The van der Waals surface area contributed by atoms with E-state index in [1.54, 1.807) is 0 Å². The van der Waals surface area contributed by atoms with Crippen molar-refractivity contribution in [3.8, 4) is 0 Å². The van der Waals surface area contributed by atoms with Crippen molar-refractivity contribution >= 4 is 17.5 Å². The first kappa shape index (κ1) is 17.9. The molecule has 1 aliphatic heterocycles.